The van der Waals surface area contributed by atoms with Crippen LogP contribution in [0.15, 0.2) is 42.5 Å². The predicted molar refractivity (Wildman–Crippen MR) is 111 cm³/mol. The molecule has 0 bridgehead atoms. The van der Waals surface area contributed by atoms with Crippen LogP contribution < -0.4 is 10.1 Å². The number of hydrogen-bond acceptors (Lipinski definition) is 6. The number of hydrogen-bond donors (Lipinski definition) is 2. The smallest absolute Gasteiger partial charge is 0.303 e. The first-order chi connectivity index (χ1) is 13.9. The number of aromatic nitrogens is 2. The van der Waals surface area contributed by atoms with E-state index in [1.54, 1.807) is 24.3 Å². The Morgan fingerprint density at radius 1 is 1.07 bits per heavy atom. The summed E-state index contributed by atoms with van der Waals surface area (Å²) in [6.07, 6.45) is 0.521. The minimum atomic E-state index is -0.837. The van der Waals surface area contributed by atoms with Gasteiger partial charge in [0.15, 0.2) is 5.01 Å². The molecule has 3 rings (SSSR count). The molecule has 0 aliphatic heterocycles. The van der Waals surface area contributed by atoms with Crippen molar-refractivity contribution in [2.75, 3.05) is 5.32 Å². The van der Waals surface area contributed by atoms with Crippen molar-refractivity contribution in [3.63, 3.8) is 0 Å². The maximum atomic E-state index is 12.4. The molecule has 29 heavy (non-hydrogen) atoms. The molecule has 0 aliphatic rings. The van der Waals surface area contributed by atoms with Gasteiger partial charge in [0.05, 0.1) is 0 Å². The maximum absolute atomic E-state index is 12.4. The van der Waals surface area contributed by atoms with E-state index >= 15 is 0 Å². The second-order valence-corrected chi connectivity index (χ2v) is 7.64. The summed E-state index contributed by atoms with van der Waals surface area (Å²) in [5.74, 6) is -0.438. The van der Waals surface area contributed by atoms with Crippen molar-refractivity contribution in [2.24, 2.45) is 0 Å². The molecule has 0 saturated carbocycles. The highest BCUT2D eigenvalue weighted by Crippen LogP contribution is 2.19. The van der Waals surface area contributed by atoms with Gasteiger partial charge in [-0.05, 0) is 61.2 Å². The quantitative estimate of drug-likeness (QED) is 0.581. The molecule has 1 heterocycles. The SMILES string of the molecule is Cc1ccc(OCc2nnc(C(=O)Nc3ccc(CCC(=O)O)cc3)s2)cc1C. The number of aryl methyl sites for hydroxylation is 3. The number of aliphatic carboxylic acids is 1. The summed E-state index contributed by atoms with van der Waals surface area (Å²) in [6, 6.07) is 12.9. The Morgan fingerprint density at radius 2 is 1.83 bits per heavy atom. The van der Waals surface area contributed by atoms with Crippen molar-refractivity contribution in [1.82, 2.24) is 10.2 Å². The summed E-state index contributed by atoms with van der Waals surface area (Å²) in [6.45, 7) is 4.30. The van der Waals surface area contributed by atoms with Crippen molar-refractivity contribution in [1.29, 1.82) is 0 Å². The van der Waals surface area contributed by atoms with E-state index < -0.39 is 5.97 Å². The molecule has 3 aromatic rings. The molecule has 0 radical (unpaired) electrons. The van der Waals surface area contributed by atoms with E-state index in [0.29, 0.717) is 17.1 Å². The number of carbonyl (C=O) groups is 2. The van der Waals surface area contributed by atoms with Crippen molar-refractivity contribution in [2.45, 2.75) is 33.3 Å². The molecular weight excluding hydrogens is 390 g/mol. The van der Waals surface area contributed by atoms with E-state index in [1.165, 1.54) is 16.9 Å². The fraction of sp³-hybridized carbons (Fsp3) is 0.238. The highest BCUT2D eigenvalue weighted by atomic mass is 32.1. The van der Waals surface area contributed by atoms with Crippen LogP contribution in [0, 0.1) is 13.8 Å². The van der Waals surface area contributed by atoms with E-state index in [-0.39, 0.29) is 23.9 Å². The highest BCUT2D eigenvalue weighted by Gasteiger charge is 2.14. The van der Waals surface area contributed by atoms with Crippen LogP contribution >= 0.6 is 11.3 Å². The maximum Gasteiger partial charge on any atom is 0.303 e. The molecule has 2 aromatic carbocycles. The number of amides is 1. The van der Waals surface area contributed by atoms with Gasteiger partial charge in [0, 0.05) is 12.1 Å². The van der Waals surface area contributed by atoms with Crippen LogP contribution in [0.5, 0.6) is 5.75 Å². The summed E-state index contributed by atoms with van der Waals surface area (Å²) < 4.78 is 5.73. The van der Waals surface area contributed by atoms with Gasteiger partial charge in [0.25, 0.3) is 5.91 Å². The molecule has 2 N–H and O–H groups in total. The molecule has 1 aromatic heterocycles. The normalized spacial score (nSPS) is 10.6. The number of nitrogens with zero attached hydrogens (tertiary/aromatic N) is 2. The van der Waals surface area contributed by atoms with Gasteiger partial charge in [0.2, 0.25) is 5.01 Å². The Bertz CT molecular complexity index is 1020. The van der Waals surface area contributed by atoms with Crippen LogP contribution in [0.25, 0.3) is 0 Å². The molecule has 0 atom stereocenters. The number of carboxylic acid groups (broad SMARTS) is 1. The molecule has 7 nitrogen and oxygen atoms in total. The number of ether oxygens (including phenoxy) is 1. The van der Waals surface area contributed by atoms with Crippen molar-refractivity contribution < 1.29 is 19.4 Å². The topological polar surface area (TPSA) is 101 Å². The van der Waals surface area contributed by atoms with Crippen LogP contribution in [-0.4, -0.2) is 27.2 Å². The Labute approximate surface area is 172 Å². The van der Waals surface area contributed by atoms with E-state index in [1.807, 2.05) is 32.0 Å². The third kappa shape index (κ3) is 5.86. The van der Waals surface area contributed by atoms with Crippen LogP contribution in [0.1, 0.15) is 37.9 Å². The van der Waals surface area contributed by atoms with Crippen molar-refractivity contribution in [3.05, 3.63) is 69.2 Å². The second-order valence-electron chi connectivity index (χ2n) is 6.58. The van der Waals surface area contributed by atoms with E-state index in [4.69, 9.17) is 9.84 Å². The van der Waals surface area contributed by atoms with Gasteiger partial charge in [-0.1, -0.05) is 29.5 Å². The van der Waals surface area contributed by atoms with Gasteiger partial charge in [-0.2, -0.15) is 0 Å². The monoisotopic (exact) mass is 411 g/mol. The third-order valence-electron chi connectivity index (χ3n) is 4.34. The van der Waals surface area contributed by atoms with Gasteiger partial charge in [-0.25, -0.2) is 0 Å². The standard InChI is InChI=1S/C21H21N3O4S/c1-13-3-9-17(11-14(13)2)28-12-18-23-24-21(29-18)20(27)22-16-7-4-15(5-8-16)6-10-19(25)26/h3-5,7-9,11H,6,10,12H2,1-2H3,(H,22,27)(H,25,26). The average molecular weight is 411 g/mol. The lowest BCUT2D eigenvalue weighted by Gasteiger charge is -2.06. The Hall–Kier alpha value is -3.26. The van der Waals surface area contributed by atoms with Crippen LogP contribution in [-0.2, 0) is 17.8 Å². The number of rotatable bonds is 8. The average Bonchev–Trinajstić information content (AvgIpc) is 3.17. The molecule has 0 spiro atoms. The molecule has 1 amide bonds. The van der Waals surface area contributed by atoms with E-state index in [0.717, 1.165) is 16.9 Å². The van der Waals surface area contributed by atoms with E-state index in [2.05, 4.69) is 15.5 Å². The number of benzene rings is 2. The lowest BCUT2D eigenvalue weighted by molar-refractivity contribution is -0.136. The Morgan fingerprint density at radius 3 is 2.52 bits per heavy atom. The third-order valence-corrected chi connectivity index (χ3v) is 5.24. The minimum absolute atomic E-state index is 0.0729. The number of nitrogens with one attached hydrogen (secondary N) is 1. The van der Waals surface area contributed by atoms with Gasteiger partial charge < -0.3 is 15.2 Å². The lowest BCUT2D eigenvalue weighted by Crippen LogP contribution is -2.11. The predicted octanol–water partition coefficient (Wildman–Crippen LogP) is 4.00. The second kappa shape index (κ2) is 9.29. The molecule has 0 fully saturated rings. The summed E-state index contributed by atoms with van der Waals surface area (Å²) >= 11 is 1.18. The molecule has 0 unspecified atom stereocenters. The molecule has 0 saturated heterocycles. The molecular formula is C21H21N3O4S. The van der Waals surface area contributed by atoms with Gasteiger partial charge >= 0.3 is 5.97 Å². The molecule has 150 valence electrons. The summed E-state index contributed by atoms with van der Waals surface area (Å²) in [4.78, 5) is 23.0. The number of carboxylic acids is 1. The van der Waals surface area contributed by atoms with Crippen LogP contribution in [0.2, 0.25) is 0 Å². The van der Waals surface area contributed by atoms with Gasteiger partial charge in [0.1, 0.15) is 12.4 Å². The fourth-order valence-electron chi connectivity index (χ4n) is 2.54. The highest BCUT2D eigenvalue weighted by molar-refractivity contribution is 7.13. The van der Waals surface area contributed by atoms with E-state index in [9.17, 15) is 9.59 Å². The van der Waals surface area contributed by atoms with Crippen molar-refractivity contribution in [3.8, 4) is 5.75 Å². The lowest BCUT2D eigenvalue weighted by atomic mass is 10.1. The van der Waals surface area contributed by atoms with Gasteiger partial charge in [-0.3, -0.25) is 9.59 Å². The minimum Gasteiger partial charge on any atom is -0.486 e. The summed E-state index contributed by atoms with van der Waals surface area (Å²) in [7, 11) is 0. The molecule has 8 heteroatoms. The first-order valence-electron chi connectivity index (χ1n) is 9.05. The number of anilines is 1. The molecule has 0 aliphatic carbocycles. The number of carbonyl (C=O) groups excluding carboxylic acids is 1. The van der Waals surface area contributed by atoms with Crippen molar-refractivity contribution >= 4 is 28.9 Å². The zero-order valence-electron chi connectivity index (χ0n) is 16.1. The van der Waals surface area contributed by atoms with Crippen LogP contribution in [0.3, 0.4) is 0 Å². The fourth-order valence-corrected chi connectivity index (χ4v) is 3.19. The summed E-state index contributed by atoms with van der Waals surface area (Å²) in [5, 5.41) is 20.3. The first kappa shape index (κ1) is 20.5. The zero-order valence-corrected chi connectivity index (χ0v) is 17.0. The Balaban J connectivity index is 1.54. The largest absolute Gasteiger partial charge is 0.486 e. The first-order valence-corrected chi connectivity index (χ1v) is 9.87. The van der Waals surface area contributed by atoms with Crippen LogP contribution in [0.4, 0.5) is 5.69 Å². The Kier molecular flexibility index (Phi) is 6.56. The summed E-state index contributed by atoms with van der Waals surface area (Å²) in [5.41, 5.74) is 3.85. The van der Waals surface area contributed by atoms with Gasteiger partial charge in [-0.15, -0.1) is 10.2 Å². The zero-order chi connectivity index (χ0) is 20.8.